The molecular formula is C11H13BrCl2. The molecule has 0 N–H and O–H groups in total. The van der Waals surface area contributed by atoms with Gasteiger partial charge in [0, 0.05) is 14.9 Å². The maximum atomic E-state index is 6.10. The van der Waals surface area contributed by atoms with Crippen LogP contribution in [-0.4, -0.2) is 0 Å². The summed E-state index contributed by atoms with van der Waals surface area (Å²) in [4.78, 5) is 0.277. The van der Waals surface area contributed by atoms with Crippen LogP contribution in [0.2, 0.25) is 10.0 Å². The van der Waals surface area contributed by atoms with Gasteiger partial charge in [0.25, 0.3) is 0 Å². The van der Waals surface area contributed by atoms with E-state index in [9.17, 15) is 0 Å². The summed E-state index contributed by atoms with van der Waals surface area (Å²) in [6, 6.07) is 5.58. The highest BCUT2D eigenvalue weighted by Crippen LogP contribution is 2.37. The van der Waals surface area contributed by atoms with Crippen molar-refractivity contribution >= 4 is 39.1 Å². The molecule has 1 aromatic rings. The molecule has 0 amide bonds. The first-order valence-electron chi connectivity index (χ1n) is 4.65. The van der Waals surface area contributed by atoms with E-state index in [0.717, 1.165) is 22.0 Å². The van der Waals surface area contributed by atoms with Crippen molar-refractivity contribution in [1.29, 1.82) is 0 Å². The van der Waals surface area contributed by atoms with E-state index in [1.54, 1.807) is 0 Å². The SMILES string of the molecule is CCC(C)C(Br)c1cc(Cl)ccc1Cl. The molecule has 0 saturated carbocycles. The smallest absolute Gasteiger partial charge is 0.0450 e. The van der Waals surface area contributed by atoms with Crippen molar-refractivity contribution in [3.05, 3.63) is 33.8 Å². The lowest BCUT2D eigenvalue weighted by Crippen LogP contribution is -2.02. The van der Waals surface area contributed by atoms with Crippen LogP contribution in [0.5, 0.6) is 0 Å². The van der Waals surface area contributed by atoms with Gasteiger partial charge in [-0.2, -0.15) is 0 Å². The molecule has 0 bridgehead atoms. The minimum atomic E-state index is 0.277. The van der Waals surface area contributed by atoms with Crippen LogP contribution < -0.4 is 0 Å². The highest BCUT2D eigenvalue weighted by molar-refractivity contribution is 9.09. The average molecular weight is 296 g/mol. The molecule has 0 saturated heterocycles. The summed E-state index contributed by atoms with van der Waals surface area (Å²) in [5, 5.41) is 1.51. The molecule has 1 rings (SSSR count). The Balaban J connectivity index is 2.99. The Kier molecular flexibility index (Phi) is 4.75. The quantitative estimate of drug-likeness (QED) is 0.648. The lowest BCUT2D eigenvalue weighted by atomic mass is 9.99. The Bertz CT molecular complexity index is 312. The van der Waals surface area contributed by atoms with Crippen LogP contribution in [0.4, 0.5) is 0 Å². The Hall–Kier alpha value is 0.280. The number of hydrogen-bond acceptors (Lipinski definition) is 0. The maximum Gasteiger partial charge on any atom is 0.0450 e. The van der Waals surface area contributed by atoms with Gasteiger partial charge in [0.05, 0.1) is 0 Å². The summed E-state index contributed by atoms with van der Waals surface area (Å²) in [5.41, 5.74) is 1.08. The normalized spacial score (nSPS) is 15.2. The maximum absolute atomic E-state index is 6.10. The highest BCUT2D eigenvalue weighted by atomic mass is 79.9. The molecule has 0 aliphatic rings. The first kappa shape index (κ1) is 12.4. The van der Waals surface area contributed by atoms with Crippen molar-refractivity contribution in [3.8, 4) is 0 Å². The fourth-order valence-electron chi connectivity index (χ4n) is 1.24. The van der Waals surface area contributed by atoms with Gasteiger partial charge < -0.3 is 0 Å². The zero-order valence-corrected chi connectivity index (χ0v) is 11.3. The minimum Gasteiger partial charge on any atom is -0.0843 e. The molecule has 0 aromatic heterocycles. The number of hydrogen-bond donors (Lipinski definition) is 0. The molecule has 0 aliphatic heterocycles. The van der Waals surface area contributed by atoms with Crippen molar-refractivity contribution in [2.24, 2.45) is 5.92 Å². The number of benzene rings is 1. The van der Waals surface area contributed by atoms with Crippen LogP contribution in [0.15, 0.2) is 18.2 Å². The third-order valence-corrected chi connectivity index (χ3v) is 4.37. The lowest BCUT2D eigenvalue weighted by Gasteiger charge is -2.18. The second-order valence-corrected chi connectivity index (χ2v) is 5.28. The Morgan fingerprint density at radius 3 is 2.57 bits per heavy atom. The molecule has 2 atom stereocenters. The van der Waals surface area contributed by atoms with Crippen molar-refractivity contribution in [1.82, 2.24) is 0 Å². The van der Waals surface area contributed by atoms with E-state index in [2.05, 4.69) is 29.8 Å². The van der Waals surface area contributed by atoms with E-state index < -0.39 is 0 Å². The van der Waals surface area contributed by atoms with Gasteiger partial charge >= 0.3 is 0 Å². The first-order valence-corrected chi connectivity index (χ1v) is 6.32. The summed E-state index contributed by atoms with van der Waals surface area (Å²) >= 11 is 15.7. The summed E-state index contributed by atoms with van der Waals surface area (Å²) in [5.74, 6) is 0.547. The molecule has 0 heterocycles. The fourth-order valence-corrected chi connectivity index (χ4v) is 2.54. The molecular weight excluding hydrogens is 283 g/mol. The predicted molar refractivity (Wildman–Crippen MR) is 67.6 cm³/mol. The molecule has 1 aromatic carbocycles. The van der Waals surface area contributed by atoms with Gasteiger partial charge in [-0.3, -0.25) is 0 Å². The van der Waals surface area contributed by atoms with Gasteiger partial charge in [-0.05, 0) is 29.7 Å². The molecule has 78 valence electrons. The van der Waals surface area contributed by atoms with E-state index in [0.29, 0.717) is 5.92 Å². The van der Waals surface area contributed by atoms with Crippen LogP contribution >= 0.6 is 39.1 Å². The number of rotatable bonds is 3. The van der Waals surface area contributed by atoms with Gasteiger partial charge in [-0.1, -0.05) is 59.4 Å². The van der Waals surface area contributed by atoms with Gasteiger partial charge in [0.1, 0.15) is 0 Å². The van der Waals surface area contributed by atoms with Gasteiger partial charge in [-0.15, -0.1) is 0 Å². The van der Waals surface area contributed by atoms with Crippen LogP contribution in [0, 0.1) is 5.92 Å². The molecule has 0 aliphatic carbocycles. The molecule has 0 fully saturated rings. The second-order valence-electron chi connectivity index (χ2n) is 3.45. The van der Waals surface area contributed by atoms with Crippen LogP contribution in [-0.2, 0) is 0 Å². The third-order valence-electron chi connectivity index (χ3n) is 2.40. The number of halogens is 3. The molecule has 0 spiro atoms. The summed E-state index contributed by atoms with van der Waals surface area (Å²) in [7, 11) is 0. The highest BCUT2D eigenvalue weighted by Gasteiger charge is 2.17. The molecule has 0 radical (unpaired) electrons. The Morgan fingerprint density at radius 2 is 2.00 bits per heavy atom. The van der Waals surface area contributed by atoms with E-state index >= 15 is 0 Å². The lowest BCUT2D eigenvalue weighted by molar-refractivity contribution is 0.556. The van der Waals surface area contributed by atoms with E-state index in [1.165, 1.54) is 0 Å². The zero-order chi connectivity index (χ0) is 10.7. The van der Waals surface area contributed by atoms with Crippen LogP contribution in [0.1, 0.15) is 30.7 Å². The van der Waals surface area contributed by atoms with Gasteiger partial charge in [0.2, 0.25) is 0 Å². The predicted octanol–water partition coefficient (Wildman–Crippen LogP) is 5.48. The Morgan fingerprint density at radius 1 is 1.36 bits per heavy atom. The van der Waals surface area contributed by atoms with E-state index in [4.69, 9.17) is 23.2 Å². The molecule has 14 heavy (non-hydrogen) atoms. The zero-order valence-electron chi connectivity index (χ0n) is 8.23. The van der Waals surface area contributed by atoms with E-state index in [1.807, 2.05) is 18.2 Å². The van der Waals surface area contributed by atoms with Crippen molar-refractivity contribution < 1.29 is 0 Å². The molecule has 3 heteroatoms. The second kappa shape index (κ2) is 5.39. The Labute approximate surface area is 104 Å². The fraction of sp³-hybridized carbons (Fsp3) is 0.455. The van der Waals surface area contributed by atoms with E-state index in [-0.39, 0.29) is 4.83 Å². The van der Waals surface area contributed by atoms with Crippen molar-refractivity contribution in [3.63, 3.8) is 0 Å². The van der Waals surface area contributed by atoms with Gasteiger partial charge in [-0.25, -0.2) is 0 Å². The minimum absolute atomic E-state index is 0.277. The largest absolute Gasteiger partial charge is 0.0843 e. The summed E-state index contributed by atoms with van der Waals surface area (Å²) < 4.78 is 0. The summed E-state index contributed by atoms with van der Waals surface area (Å²) in [6.45, 7) is 4.36. The molecule has 0 nitrogen and oxygen atoms in total. The molecule has 2 unspecified atom stereocenters. The third kappa shape index (κ3) is 2.88. The summed E-state index contributed by atoms with van der Waals surface area (Å²) in [6.07, 6.45) is 1.11. The monoisotopic (exact) mass is 294 g/mol. The van der Waals surface area contributed by atoms with Gasteiger partial charge in [0.15, 0.2) is 0 Å². The van der Waals surface area contributed by atoms with Crippen molar-refractivity contribution in [2.75, 3.05) is 0 Å². The standard InChI is InChI=1S/C11H13BrCl2/c1-3-7(2)11(12)9-6-8(13)4-5-10(9)14/h4-7,11H,3H2,1-2H3. The topological polar surface area (TPSA) is 0 Å². The van der Waals surface area contributed by atoms with Crippen LogP contribution in [0.25, 0.3) is 0 Å². The van der Waals surface area contributed by atoms with Crippen molar-refractivity contribution in [2.45, 2.75) is 25.1 Å². The first-order chi connectivity index (χ1) is 6.56. The van der Waals surface area contributed by atoms with Crippen LogP contribution in [0.3, 0.4) is 0 Å². The average Bonchev–Trinajstić information content (AvgIpc) is 2.19. The number of alkyl halides is 1.